The van der Waals surface area contributed by atoms with Crippen molar-refractivity contribution in [3.8, 4) is 0 Å². The smallest absolute Gasteiger partial charge is 0.317 e. The lowest BCUT2D eigenvalue weighted by atomic mass is 9.79. The number of urea groups is 1. The van der Waals surface area contributed by atoms with Crippen molar-refractivity contribution in [3.63, 3.8) is 0 Å². The number of alkyl halides is 2. The van der Waals surface area contributed by atoms with Crippen LogP contribution in [-0.4, -0.2) is 87.0 Å². The van der Waals surface area contributed by atoms with Crippen LogP contribution in [0.3, 0.4) is 0 Å². The van der Waals surface area contributed by atoms with E-state index in [-0.39, 0.29) is 35.5 Å². The van der Waals surface area contributed by atoms with Crippen LogP contribution in [0.5, 0.6) is 0 Å². The van der Waals surface area contributed by atoms with Gasteiger partial charge < -0.3 is 20.0 Å². The number of allylic oxidation sites excluding steroid dienone is 2. The Morgan fingerprint density at radius 1 is 1.07 bits per heavy atom. The quantitative estimate of drug-likeness (QED) is 0.611. The van der Waals surface area contributed by atoms with Crippen LogP contribution < -0.4 is 10.2 Å². The number of halogens is 2. The maximum absolute atomic E-state index is 14.5. The third kappa shape index (κ3) is 5.01. The van der Waals surface area contributed by atoms with E-state index in [1.807, 2.05) is 11.0 Å². The molecule has 1 N–H and O–H groups in total. The molecule has 2 aromatic rings. The lowest BCUT2D eigenvalue weighted by Gasteiger charge is -2.42. The van der Waals surface area contributed by atoms with Crippen molar-refractivity contribution in [3.05, 3.63) is 46.9 Å². The summed E-state index contributed by atoms with van der Waals surface area (Å²) in [6, 6.07) is -0.242. The largest absolute Gasteiger partial charge is 0.348 e. The van der Waals surface area contributed by atoms with Crippen molar-refractivity contribution in [2.24, 2.45) is 13.0 Å². The maximum atomic E-state index is 14.5. The number of likely N-dealkylation sites (tertiary alicyclic amines) is 1. The minimum atomic E-state index is -2.62. The molecule has 2 saturated heterocycles. The maximum Gasteiger partial charge on any atom is 0.317 e. The zero-order valence-corrected chi connectivity index (χ0v) is 23.9. The monoisotopic (exact) mass is 568 g/mol. The summed E-state index contributed by atoms with van der Waals surface area (Å²) >= 11 is 0. The number of piperidine rings is 2. The van der Waals surface area contributed by atoms with Crippen LogP contribution >= 0.6 is 0 Å². The van der Waals surface area contributed by atoms with Gasteiger partial charge in [-0.3, -0.25) is 14.2 Å². The van der Waals surface area contributed by atoms with E-state index in [9.17, 15) is 18.4 Å². The summed E-state index contributed by atoms with van der Waals surface area (Å²) in [5.74, 6) is 0.935. The molecule has 0 bridgehead atoms. The first-order valence-corrected chi connectivity index (χ1v) is 14.5. The number of rotatable bonds is 4. The molecule has 12 heteroatoms. The van der Waals surface area contributed by atoms with E-state index in [1.54, 1.807) is 49.1 Å². The fourth-order valence-corrected chi connectivity index (χ4v) is 7.01. The van der Waals surface area contributed by atoms with Gasteiger partial charge in [-0.25, -0.2) is 13.6 Å². The average molecular weight is 569 g/mol. The molecule has 0 aromatic carbocycles. The first-order chi connectivity index (χ1) is 19.7. The number of carbonyl (C=O) groups excluding carboxylic acids is 2. The highest BCUT2D eigenvalue weighted by molar-refractivity contribution is 5.81. The normalized spacial score (nSPS) is 23.2. The van der Waals surface area contributed by atoms with Crippen molar-refractivity contribution in [1.29, 1.82) is 0 Å². The number of fused-ring (bicyclic) bond motifs is 2. The highest BCUT2D eigenvalue weighted by Crippen LogP contribution is 2.43. The Labute approximate surface area is 238 Å². The number of amides is 3. The summed E-state index contributed by atoms with van der Waals surface area (Å²) in [7, 11) is 3.42. The second kappa shape index (κ2) is 10.9. The minimum absolute atomic E-state index is 0.0306. The van der Waals surface area contributed by atoms with Gasteiger partial charge in [0.25, 0.3) is 6.43 Å². The summed E-state index contributed by atoms with van der Waals surface area (Å²) in [6.45, 7) is 4.69. The average Bonchev–Trinajstić information content (AvgIpc) is 3.59. The van der Waals surface area contributed by atoms with E-state index in [1.165, 1.54) is 0 Å². The molecule has 3 amide bonds. The van der Waals surface area contributed by atoms with E-state index in [2.05, 4.69) is 20.0 Å². The van der Waals surface area contributed by atoms with Gasteiger partial charge in [0.2, 0.25) is 5.91 Å². The van der Waals surface area contributed by atoms with Crippen LogP contribution in [-0.2, 0) is 24.8 Å². The van der Waals surface area contributed by atoms with Crippen LogP contribution in [0, 0.1) is 5.92 Å². The van der Waals surface area contributed by atoms with Gasteiger partial charge >= 0.3 is 6.03 Å². The molecule has 5 heterocycles. The molecule has 0 radical (unpaired) electrons. The second-order valence-corrected chi connectivity index (χ2v) is 11.6. The van der Waals surface area contributed by atoms with Crippen molar-refractivity contribution in [2.75, 3.05) is 38.1 Å². The molecule has 2 fully saturated rings. The molecule has 6 rings (SSSR count). The third-order valence-corrected chi connectivity index (χ3v) is 9.12. The summed E-state index contributed by atoms with van der Waals surface area (Å²) in [6.07, 6.45) is 8.66. The molecule has 0 spiro atoms. The molecule has 2 unspecified atom stereocenters. The van der Waals surface area contributed by atoms with Gasteiger partial charge in [0.1, 0.15) is 0 Å². The van der Waals surface area contributed by atoms with Gasteiger partial charge in [0, 0.05) is 88.1 Å². The van der Waals surface area contributed by atoms with Crippen LogP contribution in [0.25, 0.3) is 5.57 Å². The Kier molecular flexibility index (Phi) is 7.33. The Balaban J connectivity index is 1.38. The van der Waals surface area contributed by atoms with Crippen LogP contribution in [0.4, 0.5) is 19.4 Å². The van der Waals surface area contributed by atoms with Crippen molar-refractivity contribution in [1.82, 2.24) is 34.7 Å². The van der Waals surface area contributed by atoms with Crippen LogP contribution in [0.2, 0.25) is 0 Å². The van der Waals surface area contributed by atoms with Gasteiger partial charge in [0.15, 0.2) is 5.82 Å². The first kappa shape index (κ1) is 27.5. The van der Waals surface area contributed by atoms with Gasteiger partial charge in [0.05, 0.1) is 24.8 Å². The van der Waals surface area contributed by atoms with E-state index in [4.69, 9.17) is 5.10 Å². The number of carbonyl (C=O) groups is 2. The van der Waals surface area contributed by atoms with E-state index in [0.29, 0.717) is 50.3 Å². The summed E-state index contributed by atoms with van der Waals surface area (Å²) in [4.78, 5) is 30.4. The number of anilines is 1. The minimum Gasteiger partial charge on any atom is -0.348 e. The predicted molar refractivity (Wildman–Crippen MR) is 150 cm³/mol. The van der Waals surface area contributed by atoms with Crippen molar-refractivity contribution < 1.29 is 18.4 Å². The zero-order valence-electron chi connectivity index (χ0n) is 23.9. The van der Waals surface area contributed by atoms with Crippen LogP contribution in [0.1, 0.15) is 55.5 Å². The molecular weight excluding hydrogens is 530 g/mol. The summed E-state index contributed by atoms with van der Waals surface area (Å²) in [5, 5.41) is 12.1. The highest BCUT2D eigenvalue weighted by Gasteiger charge is 2.40. The molecule has 41 heavy (non-hydrogen) atoms. The number of aryl methyl sites for hydroxylation is 1. The molecule has 2 aromatic heterocycles. The molecule has 4 aliphatic rings. The van der Waals surface area contributed by atoms with E-state index >= 15 is 0 Å². The van der Waals surface area contributed by atoms with E-state index in [0.717, 1.165) is 42.8 Å². The van der Waals surface area contributed by atoms with Crippen molar-refractivity contribution in [2.45, 2.75) is 64.1 Å². The molecule has 3 aliphatic heterocycles. The number of nitrogens with zero attached hydrogens (tertiary/aromatic N) is 7. The Hall–Kier alpha value is -3.70. The SMILES string of the molecule is CNC(=O)N1CCc2c(c(N3CCCC4C=C(c5cnn(C)c5)C(C(F)F)=CC43)nn2C2CCN(C(C)=O)CC2)C1. The fraction of sp³-hybridized carbons (Fsp3) is 0.586. The van der Waals surface area contributed by atoms with Crippen LogP contribution in [0.15, 0.2) is 30.1 Å². The Bertz CT molecular complexity index is 1390. The van der Waals surface area contributed by atoms with Gasteiger partial charge in [-0.05, 0) is 31.3 Å². The predicted octanol–water partition coefficient (Wildman–Crippen LogP) is 3.37. The second-order valence-electron chi connectivity index (χ2n) is 11.6. The Morgan fingerprint density at radius 2 is 1.85 bits per heavy atom. The number of hydrogen-bond donors (Lipinski definition) is 1. The number of nitrogens with one attached hydrogen (secondary N) is 1. The first-order valence-electron chi connectivity index (χ1n) is 14.5. The fourth-order valence-electron chi connectivity index (χ4n) is 7.01. The van der Waals surface area contributed by atoms with Crippen molar-refractivity contribution >= 4 is 23.3 Å². The summed E-state index contributed by atoms with van der Waals surface area (Å²) in [5.41, 5.74) is 3.41. The van der Waals surface area contributed by atoms with Gasteiger partial charge in [-0.15, -0.1) is 0 Å². The molecular formula is C29H38F2N8O2. The molecule has 10 nitrogen and oxygen atoms in total. The van der Waals surface area contributed by atoms with Gasteiger partial charge in [-0.1, -0.05) is 12.2 Å². The highest BCUT2D eigenvalue weighted by atomic mass is 19.3. The zero-order chi connectivity index (χ0) is 28.8. The summed E-state index contributed by atoms with van der Waals surface area (Å²) < 4.78 is 32.7. The van der Waals surface area contributed by atoms with Gasteiger partial charge in [-0.2, -0.15) is 10.2 Å². The molecule has 1 aliphatic carbocycles. The third-order valence-electron chi connectivity index (χ3n) is 9.12. The lowest BCUT2D eigenvalue weighted by molar-refractivity contribution is -0.130. The molecule has 0 saturated carbocycles. The lowest BCUT2D eigenvalue weighted by Crippen LogP contribution is -2.47. The number of hydrogen-bond acceptors (Lipinski definition) is 5. The van der Waals surface area contributed by atoms with E-state index < -0.39 is 6.43 Å². The Morgan fingerprint density at radius 3 is 2.51 bits per heavy atom. The standard InChI is InChI=1S/C29H38F2N8O2/c1-18(40)36-10-6-21(7-11-36)39-25-8-12-37(29(41)32-2)17-24(25)28(34-39)38-9-4-5-19-13-22(20-15-33-35(3)16-20)23(27(30)31)14-26(19)38/h13-16,19,21,26-27H,4-12,17H2,1-3H3,(H,32,41). The number of aromatic nitrogens is 4. The molecule has 2 atom stereocenters. The topological polar surface area (TPSA) is 91.5 Å². The molecule has 220 valence electrons.